The fourth-order valence-corrected chi connectivity index (χ4v) is 3.93. The van der Waals surface area contributed by atoms with Crippen LogP contribution in [0, 0.1) is 0 Å². The zero-order valence-corrected chi connectivity index (χ0v) is 12.1. The van der Waals surface area contributed by atoms with Crippen LogP contribution in [0.25, 0.3) is 0 Å². The molecule has 1 aliphatic heterocycles. The van der Waals surface area contributed by atoms with E-state index >= 15 is 0 Å². The maximum absolute atomic E-state index is 12.1. The van der Waals surface area contributed by atoms with E-state index in [0.29, 0.717) is 22.8 Å². The van der Waals surface area contributed by atoms with Gasteiger partial charge in [0, 0.05) is 5.75 Å². The minimum Gasteiger partial charge on any atom is -0.480 e. The van der Waals surface area contributed by atoms with E-state index in [-0.39, 0.29) is 11.7 Å². The van der Waals surface area contributed by atoms with E-state index in [1.807, 2.05) is 0 Å². The van der Waals surface area contributed by atoms with Gasteiger partial charge in [-0.2, -0.15) is 0 Å². The van der Waals surface area contributed by atoms with E-state index in [4.69, 9.17) is 5.11 Å². The summed E-state index contributed by atoms with van der Waals surface area (Å²) in [5.74, 6) is -0.0821. The average Bonchev–Trinajstić information content (AvgIpc) is 2.97. The summed E-state index contributed by atoms with van der Waals surface area (Å²) in [4.78, 5) is 24.6. The predicted molar refractivity (Wildman–Crippen MR) is 72.4 cm³/mol. The van der Waals surface area contributed by atoms with Gasteiger partial charge in [0.25, 0.3) is 0 Å². The van der Waals surface area contributed by atoms with E-state index < -0.39 is 12.0 Å². The summed E-state index contributed by atoms with van der Waals surface area (Å²) in [7, 11) is 0. The highest BCUT2D eigenvalue weighted by molar-refractivity contribution is 8.00. The number of carbonyl (C=O) groups is 2. The molecule has 0 aromatic carbocycles. The first-order valence-electron chi connectivity index (χ1n) is 6.17. The summed E-state index contributed by atoms with van der Waals surface area (Å²) in [6, 6.07) is -0.357. The van der Waals surface area contributed by atoms with Gasteiger partial charge in [-0.15, -0.1) is 16.9 Å². The first-order valence-corrected chi connectivity index (χ1v) is 8.31. The zero-order chi connectivity index (χ0) is 14.1. The van der Waals surface area contributed by atoms with Gasteiger partial charge in [-0.25, -0.2) is 9.48 Å². The van der Waals surface area contributed by atoms with Gasteiger partial charge < -0.3 is 10.0 Å². The van der Waals surface area contributed by atoms with Gasteiger partial charge in [0.2, 0.25) is 11.1 Å². The molecule has 0 spiro atoms. The number of carboxylic acid groups (broad SMARTS) is 1. The third-order valence-corrected chi connectivity index (χ3v) is 5.10. The van der Waals surface area contributed by atoms with Crippen LogP contribution < -0.4 is 0 Å². The van der Waals surface area contributed by atoms with Crippen molar-refractivity contribution in [3.63, 3.8) is 0 Å². The van der Waals surface area contributed by atoms with Gasteiger partial charge in [-0.3, -0.25) is 4.79 Å². The second-order valence-corrected chi connectivity index (χ2v) is 6.59. The average molecular weight is 315 g/mol. The van der Waals surface area contributed by atoms with Crippen molar-refractivity contribution in [2.24, 2.45) is 0 Å². The monoisotopic (exact) mass is 315 g/mol. The Bertz CT molecular complexity index is 533. The fraction of sp³-hybridized carbons (Fsp3) is 0.700. The Balaban J connectivity index is 1.59. The van der Waals surface area contributed by atoms with Crippen molar-refractivity contribution in [3.05, 3.63) is 0 Å². The number of rotatable bonds is 5. The molecule has 1 aliphatic carbocycles. The van der Waals surface area contributed by atoms with Gasteiger partial charge in [-0.05, 0) is 23.3 Å². The number of hydrogen-bond donors (Lipinski definition) is 1. The maximum Gasteiger partial charge on any atom is 0.327 e. The lowest BCUT2D eigenvalue weighted by Gasteiger charge is -2.19. The van der Waals surface area contributed by atoms with Crippen LogP contribution in [-0.4, -0.2) is 65.5 Å². The van der Waals surface area contributed by atoms with Gasteiger partial charge >= 0.3 is 5.97 Å². The number of carbonyl (C=O) groups excluding carboxylic acids is 1. The quantitative estimate of drug-likeness (QED) is 0.763. The standard InChI is InChI=1S/C10H13N5O3S2/c16-8(14-5-19-3-7(14)9(17)18)4-20-10-11-12-13-15(10)6-1-2-6/h6-7H,1-5H2,(H,17,18). The summed E-state index contributed by atoms with van der Waals surface area (Å²) in [6.45, 7) is 0. The molecule has 1 saturated heterocycles. The Morgan fingerprint density at radius 1 is 1.45 bits per heavy atom. The van der Waals surface area contributed by atoms with Gasteiger partial charge in [0.15, 0.2) is 0 Å². The van der Waals surface area contributed by atoms with E-state index in [0.717, 1.165) is 12.8 Å². The fourth-order valence-electron chi connectivity index (χ4n) is 1.93. The lowest BCUT2D eigenvalue weighted by molar-refractivity contribution is -0.146. The molecule has 1 aromatic rings. The summed E-state index contributed by atoms with van der Waals surface area (Å²) in [5.41, 5.74) is 0. The van der Waals surface area contributed by atoms with Gasteiger partial charge in [-0.1, -0.05) is 11.8 Å². The lowest BCUT2D eigenvalue weighted by atomic mass is 10.3. The van der Waals surface area contributed by atoms with Crippen LogP contribution in [0.1, 0.15) is 18.9 Å². The van der Waals surface area contributed by atoms with Gasteiger partial charge in [0.1, 0.15) is 6.04 Å². The number of hydrogen-bond acceptors (Lipinski definition) is 7. The normalized spacial score (nSPS) is 22.2. The molecule has 1 amide bonds. The van der Waals surface area contributed by atoms with Crippen molar-refractivity contribution in [2.75, 3.05) is 17.4 Å². The molecule has 1 aromatic heterocycles. The van der Waals surface area contributed by atoms with Crippen molar-refractivity contribution in [3.8, 4) is 0 Å². The number of tetrazole rings is 1. The molecule has 2 heterocycles. The Kier molecular flexibility index (Phi) is 3.83. The maximum atomic E-state index is 12.1. The van der Waals surface area contributed by atoms with E-state index in [2.05, 4.69) is 15.5 Å². The molecular weight excluding hydrogens is 302 g/mol. The molecule has 0 bridgehead atoms. The van der Waals surface area contributed by atoms with E-state index in [1.54, 1.807) is 4.68 Å². The number of aromatic nitrogens is 4. The number of amides is 1. The predicted octanol–water partition coefficient (Wildman–Crippen LogP) is 0.0862. The SMILES string of the molecule is O=C(O)C1CSCN1C(=O)CSc1nnnn1C1CC1. The van der Waals surface area contributed by atoms with Crippen molar-refractivity contribution >= 4 is 35.4 Å². The summed E-state index contributed by atoms with van der Waals surface area (Å²) < 4.78 is 1.74. The van der Waals surface area contributed by atoms with Crippen LogP contribution in [0.3, 0.4) is 0 Å². The molecule has 1 unspecified atom stereocenters. The number of carboxylic acids is 1. The largest absolute Gasteiger partial charge is 0.480 e. The van der Waals surface area contributed by atoms with Crippen molar-refractivity contribution < 1.29 is 14.7 Å². The Morgan fingerprint density at radius 2 is 2.25 bits per heavy atom. The first kappa shape index (κ1) is 13.7. The third kappa shape index (κ3) is 2.75. The molecule has 0 radical (unpaired) electrons. The lowest BCUT2D eigenvalue weighted by Crippen LogP contribution is -2.42. The number of aliphatic carboxylic acids is 1. The van der Waals surface area contributed by atoms with Crippen molar-refractivity contribution in [1.82, 2.24) is 25.1 Å². The van der Waals surface area contributed by atoms with Crippen LogP contribution in [0.15, 0.2) is 5.16 Å². The molecule has 108 valence electrons. The third-order valence-electron chi connectivity index (χ3n) is 3.17. The highest BCUT2D eigenvalue weighted by Crippen LogP contribution is 2.36. The Morgan fingerprint density at radius 3 is 2.95 bits per heavy atom. The second kappa shape index (κ2) is 5.60. The van der Waals surface area contributed by atoms with Crippen molar-refractivity contribution in [1.29, 1.82) is 0 Å². The van der Waals surface area contributed by atoms with Crippen LogP contribution in [0.2, 0.25) is 0 Å². The smallest absolute Gasteiger partial charge is 0.327 e. The molecule has 1 atom stereocenters. The summed E-state index contributed by atoms with van der Waals surface area (Å²) >= 11 is 2.72. The highest BCUT2D eigenvalue weighted by Gasteiger charge is 2.35. The first-order chi connectivity index (χ1) is 9.66. The molecule has 1 N–H and O–H groups in total. The van der Waals surface area contributed by atoms with Crippen molar-refractivity contribution in [2.45, 2.75) is 30.1 Å². The highest BCUT2D eigenvalue weighted by atomic mass is 32.2. The number of thioether (sulfide) groups is 2. The molecule has 10 heteroatoms. The van der Waals surface area contributed by atoms with Crippen LogP contribution >= 0.6 is 23.5 Å². The summed E-state index contributed by atoms with van der Waals surface area (Å²) in [5, 5.41) is 21.1. The molecule has 20 heavy (non-hydrogen) atoms. The zero-order valence-electron chi connectivity index (χ0n) is 10.5. The number of nitrogens with zero attached hydrogens (tertiary/aromatic N) is 5. The Hall–Kier alpha value is -1.29. The molecule has 1 saturated carbocycles. The minimum absolute atomic E-state index is 0.164. The molecule has 8 nitrogen and oxygen atoms in total. The molecular formula is C10H13N5O3S2. The minimum atomic E-state index is -0.948. The summed E-state index contributed by atoms with van der Waals surface area (Å²) in [6.07, 6.45) is 2.13. The molecule has 3 rings (SSSR count). The van der Waals surface area contributed by atoms with Crippen LogP contribution in [-0.2, 0) is 9.59 Å². The van der Waals surface area contributed by atoms with Crippen LogP contribution in [0.4, 0.5) is 0 Å². The van der Waals surface area contributed by atoms with Crippen LogP contribution in [0.5, 0.6) is 0 Å². The van der Waals surface area contributed by atoms with E-state index in [1.165, 1.54) is 28.4 Å². The molecule has 2 fully saturated rings. The topological polar surface area (TPSA) is 101 Å². The van der Waals surface area contributed by atoms with Gasteiger partial charge in [0.05, 0.1) is 17.7 Å². The molecule has 2 aliphatic rings. The van der Waals surface area contributed by atoms with E-state index in [9.17, 15) is 9.59 Å². The second-order valence-electron chi connectivity index (χ2n) is 4.64. The Labute approximate surface area is 123 Å².